The standard InChI is InChI=1S/C17H18Br2O2/c1-10-9-14(18)11(2)15(17(10)21-4)16(19)12-5-7-13(20-3)8-6-12/h5-9,16H,1-4H3. The van der Waals surface area contributed by atoms with E-state index in [0.29, 0.717) is 0 Å². The average molecular weight is 414 g/mol. The largest absolute Gasteiger partial charge is 0.497 e. The summed E-state index contributed by atoms with van der Waals surface area (Å²) >= 11 is 7.44. The van der Waals surface area contributed by atoms with E-state index in [1.54, 1.807) is 14.2 Å². The minimum atomic E-state index is 0.0644. The maximum Gasteiger partial charge on any atom is 0.126 e. The van der Waals surface area contributed by atoms with Crippen molar-refractivity contribution in [2.24, 2.45) is 0 Å². The summed E-state index contributed by atoms with van der Waals surface area (Å²) in [6.45, 7) is 4.15. The van der Waals surface area contributed by atoms with Gasteiger partial charge in [-0.2, -0.15) is 0 Å². The van der Waals surface area contributed by atoms with Crippen LogP contribution >= 0.6 is 31.9 Å². The van der Waals surface area contributed by atoms with Crippen LogP contribution in [0.25, 0.3) is 0 Å². The molecule has 0 N–H and O–H groups in total. The predicted octanol–water partition coefficient (Wildman–Crippen LogP) is 5.57. The van der Waals surface area contributed by atoms with Crippen LogP contribution < -0.4 is 9.47 Å². The van der Waals surface area contributed by atoms with Crippen LogP contribution in [-0.2, 0) is 0 Å². The number of hydrogen-bond donors (Lipinski definition) is 0. The maximum atomic E-state index is 5.62. The van der Waals surface area contributed by atoms with Gasteiger partial charge in [0.1, 0.15) is 11.5 Å². The Morgan fingerprint density at radius 1 is 1.00 bits per heavy atom. The molecule has 2 aromatic rings. The highest BCUT2D eigenvalue weighted by molar-refractivity contribution is 9.10. The van der Waals surface area contributed by atoms with E-state index in [-0.39, 0.29) is 4.83 Å². The van der Waals surface area contributed by atoms with Crippen molar-refractivity contribution in [1.82, 2.24) is 0 Å². The molecule has 0 heterocycles. The fourth-order valence-electron chi connectivity index (χ4n) is 2.39. The molecule has 0 aliphatic rings. The van der Waals surface area contributed by atoms with E-state index in [9.17, 15) is 0 Å². The summed E-state index contributed by atoms with van der Waals surface area (Å²) < 4.78 is 11.9. The summed E-state index contributed by atoms with van der Waals surface area (Å²) in [5, 5.41) is 0. The molecule has 1 unspecified atom stereocenters. The van der Waals surface area contributed by atoms with Crippen LogP contribution in [0.4, 0.5) is 0 Å². The normalized spacial score (nSPS) is 12.1. The van der Waals surface area contributed by atoms with Gasteiger partial charge in [0.25, 0.3) is 0 Å². The minimum Gasteiger partial charge on any atom is -0.497 e. The molecule has 0 spiro atoms. The van der Waals surface area contributed by atoms with Gasteiger partial charge in [0.05, 0.1) is 19.0 Å². The molecule has 0 saturated carbocycles. The zero-order valence-electron chi connectivity index (χ0n) is 12.5. The van der Waals surface area contributed by atoms with E-state index in [2.05, 4.69) is 63.9 Å². The van der Waals surface area contributed by atoms with Crippen LogP contribution in [0.5, 0.6) is 11.5 Å². The van der Waals surface area contributed by atoms with Gasteiger partial charge in [-0.25, -0.2) is 0 Å². The Hall–Kier alpha value is -1.00. The SMILES string of the molecule is COc1ccc(C(Br)c2c(C)c(Br)cc(C)c2OC)cc1. The minimum absolute atomic E-state index is 0.0644. The van der Waals surface area contributed by atoms with Crippen LogP contribution in [0.2, 0.25) is 0 Å². The number of halogens is 2. The van der Waals surface area contributed by atoms with Crippen molar-refractivity contribution in [1.29, 1.82) is 0 Å². The van der Waals surface area contributed by atoms with Gasteiger partial charge in [0.2, 0.25) is 0 Å². The number of aryl methyl sites for hydroxylation is 1. The molecule has 2 rings (SSSR count). The molecular formula is C17H18Br2O2. The molecular weight excluding hydrogens is 396 g/mol. The summed E-state index contributed by atoms with van der Waals surface area (Å²) in [4.78, 5) is 0.0644. The quantitative estimate of drug-likeness (QED) is 0.610. The first-order chi connectivity index (χ1) is 9.99. The molecule has 4 heteroatoms. The monoisotopic (exact) mass is 412 g/mol. The van der Waals surface area contributed by atoms with Gasteiger partial charge >= 0.3 is 0 Å². The third-order valence-corrected chi connectivity index (χ3v) is 5.38. The smallest absolute Gasteiger partial charge is 0.126 e. The van der Waals surface area contributed by atoms with Gasteiger partial charge in [0.15, 0.2) is 0 Å². The Kier molecular flexibility index (Phi) is 5.33. The lowest BCUT2D eigenvalue weighted by molar-refractivity contribution is 0.406. The first kappa shape index (κ1) is 16.4. The fourth-order valence-corrected chi connectivity index (χ4v) is 3.80. The zero-order chi connectivity index (χ0) is 15.6. The van der Waals surface area contributed by atoms with E-state index in [0.717, 1.165) is 32.7 Å². The molecule has 2 aromatic carbocycles. The molecule has 0 aromatic heterocycles. The van der Waals surface area contributed by atoms with E-state index in [4.69, 9.17) is 9.47 Å². The zero-order valence-corrected chi connectivity index (χ0v) is 15.7. The highest BCUT2D eigenvalue weighted by atomic mass is 79.9. The van der Waals surface area contributed by atoms with E-state index in [1.807, 2.05) is 12.1 Å². The maximum absolute atomic E-state index is 5.62. The Labute approximate surface area is 142 Å². The molecule has 0 bridgehead atoms. The Morgan fingerprint density at radius 3 is 2.14 bits per heavy atom. The number of rotatable bonds is 4. The lowest BCUT2D eigenvalue weighted by atomic mass is 9.97. The van der Waals surface area contributed by atoms with Crippen molar-refractivity contribution in [3.8, 4) is 11.5 Å². The highest BCUT2D eigenvalue weighted by Gasteiger charge is 2.21. The van der Waals surface area contributed by atoms with E-state index < -0.39 is 0 Å². The van der Waals surface area contributed by atoms with Crippen LogP contribution in [-0.4, -0.2) is 14.2 Å². The number of ether oxygens (including phenoxy) is 2. The molecule has 0 saturated heterocycles. The molecule has 112 valence electrons. The van der Waals surface area contributed by atoms with Crippen LogP contribution in [0.15, 0.2) is 34.8 Å². The van der Waals surface area contributed by atoms with Crippen molar-refractivity contribution < 1.29 is 9.47 Å². The summed E-state index contributed by atoms with van der Waals surface area (Å²) in [6.07, 6.45) is 0. The summed E-state index contributed by atoms with van der Waals surface area (Å²) in [6, 6.07) is 10.2. The molecule has 0 radical (unpaired) electrons. The van der Waals surface area contributed by atoms with Gasteiger partial charge in [-0.1, -0.05) is 44.0 Å². The molecule has 0 amide bonds. The topological polar surface area (TPSA) is 18.5 Å². The van der Waals surface area contributed by atoms with Crippen LogP contribution in [0.1, 0.15) is 27.1 Å². The highest BCUT2D eigenvalue weighted by Crippen LogP contribution is 2.43. The predicted molar refractivity (Wildman–Crippen MR) is 93.9 cm³/mol. The van der Waals surface area contributed by atoms with Crippen LogP contribution in [0, 0.1) is 13.8 Å². The second kappa shape index (κ2) is 6.84. The fraction of sp³-hybridized carbons (Fsp3) is 0.294. The Bertz CT molecular complexity index is 636. The lowest BCUT2D eigenvalue weighted by Crippen LogP contribution is -2.03. The summed E-state index contributed by atoms with van der Waals surface area (Å²) in [7, 11) is 3.39. The van der Waals surface area contributed by atoms with Crippen molar-refractivity contribution in [2.75, 3.05) is 14.2 Å². The molecule has 0 fully saturated rings. The first-order valence-electron chi connectivity index (χ1n) is 6.61. The summed E-state index contributed by atoms with van der Waals surface area (Å²) in [5.74, 6) is 1.78. The van der Waals surface area contributed by atoms with E-state index >= 15 is 0 Å². The number of hydrogen-bond acceptors (Lipinski definition) is 2. The van der Waals surface area contributed by atoms with Gasteiger partial charge < -0.3 is 9.47 Å². The third-order valence-electron chi connectivity index (χ3n) is 3.57. The molecule has 0 aliphatic heterocycles. The molecule has 2 nitrogen and oxygen atoms in total. The van der Waals surface area contributed by atoms with Gasteiger partial charge in [-0.3, -0.25) is 0 Å². The lowest BCUT2D eigenvalue weighted by Gasteiger charge is -2.20. The van der Waals surface area contributed by atoms with Crippen molar-refractivity contribution >= 4 is 31.9 Å². The van der Waals surface area contributed by atoms with Crippen molar-refractivity contribution in [3.05, 3.63) is 57.1 Å². The van der Waals surface area contributed by atoms with Gasteiger partial charge in [-0.05, 0) is 48.7 Å². The first-order valence-corrected chi connectivity index (χ1v) is 8.32. The molecule has 1 atom stereocenters. The Morgan fingerprint density at radius 2 is 1.62 bits per heavy atom. The number of methoxy groups -OCH3 is 2. The van der Waals surface area contributed by atoms with Crippen molar-refractivity contribution in [3.63, 3.8) is 0 Å². The van der Waals surface area contributed by atoms with Gasteiger partial charge in [-0.15, -0.1) is 0 Å². The molecule has 0 aliphatic carbocycles. The summed E-state index contributed by atoms with van der Waals surface area (Å²) in [5.41, 5.74) is 4.60. The number of benzene rings is 2. The second-order valence-corrected chi connectivity index (χ2v) is 6.65. The Balaban J connectivity index is 2.53. The number of alkyl halides is 1. The van der Waals surface area contributed by atoms with Crippen LogP contribution in [0.3, 0.4) is 0 Å². The van der Waals surface area contributed by atoms with Gasteiger partial charge in [0, 0.05) is 10.0 Å². The third kappa shape index (κ3) is 3.27. The van der Waals surface area contributed by atoms with Crippen molar-refractivity contribution in [2.45, 2.75) is 18.7 Å². The second-order valence-electron chi connectivity index (χ2n) is 4.88. The molecule has 21 heavy (non-hydrogen) atoms. The average Bonchev–Trinajstić information content (AvgIpc) is 2.50. The van der Waals surface area contributed by atoms with E-state index in [1.165, 1.54) is 5.56 Å².